The standard InChI is InChI=1S/C14H19NO3S/c1-15(13(16)8-9-19)12(14(17)18-2)10-11-6-4-3-5-7-11/h3-7,12,19H,8-10H2,1-2H3/t12-/m0/s1. The summed E-state index contributed by atoms with van der Waals surface area (Å²) >= 11 is 4.03. The molecule has 0 aliphatic rings. The van der Waals surface area contributed by atoms with Crippen LogP contribution >= 0.6 is 12.6 Å². The van der Waals surface area contributed by atoms with Crippen molar-refractivity contribution in [2.45, 2.75) is 18.9 Å². The minimum absolute atomic E-state index is 0.110. The van der Waals surface area contributed by atoms with Gasteiger partial charge < -0.3 is 9.64 Å². The smallest absolute Gasteiger partial charge is 0.328 e. The molecule has 1 rings (SSSR count). The molecule has 1 aromatic rings. The lowest BCUT2D eigenvalue weighted by Crippen LogP contribution is -2.44. The minimum Gasteiger partial charge on any atom is -0.467 e. The van der Waals surface area contributed by atoms with E-state index in [1.165, 1.54) is 12.0 Å². The summed E-state index contributed by atoms with van der Waals surface area (Å²) in [6.07, 6.45) is 0.754. The zero-order chi connectivity index (χ0) is 14.3. The highest BCUT2D eigenvalue weighted by Gasteiger charge is 2.27. The summed E-state index contributed by atoms with van der Waals surface area (Å²) in [5.74, 6) is -0.0530. The highest BCUT2D eigenvalue weighted by Crippen LogP contribution is 2.11. The molecule has 19 heavy (non-hydrogen) atoms. The second-order valence-corrected chi connectivity index (χ2v) is 4.65. The quantitative estimate of drug-likeness (QED) is 0.635. The first-order valence-corrected chi connectivity index (χ1v) is 6.71. The molecule has 104 valence electrons. The fourth-order valence-corrected chi connectivity index (χ4v) is 1.99. The van der Waals surface area contributed by atoms with E-state index >= 15 is 0 Å². The molecule has 0 radical (unpaired) electrons. The number of ether oxygens (including phenoxy) is 1. The maximum Gasteiger partial charge on any atom is 0.328 e. The predicted molar refractivity (Wildman–Crippen MR) is 77.2 cm³/mol. The number of rotatable bonds is 6. The molecular weight excluding hydrogens is 262 g/mol. The Hall–Kier alpha value is -1.49. The first-order chi connectivity index (χ1) is 9.10. The molecular formula is C14H19NO3S. The van der Waals surface area contributed by atoms with Crippen LogP contribution in [0.1, 0.15) is 12.0 Å². The number of carbonyl (C=O) groups excluding carboxylic acids is 2. The molecule has 0 saturated carbocycles. The molecule has 0 N–H and O–H groups in total. The number of benzene rings is 1. The van der Waals surface area contributed by atoms with Gasteiger partial charge in [-0.2, -0.15) is 12.6 Å². The summed E-state index contributed by atoms with van der Waals surface area (Å²) in [5, 5.41) is 0. The lowest BCUT2D eigenvalue weighted by Gasteiger charge is -2.26. The van der Waals surface area contributed by atoms with Crippen molar-refractivity contribution in [3.63, 3.8) is 0 Å². The summed E-state index contributed by atoms with van der Waals surface area (Å²) in [5.41, 5.74) is 0.989. The number of nitrogens with zero attached hydrogens (tertiary/aromatic N) is 1. The van der Waals surface area contributed by atoms with Gasteiger partial charge in [-0.15, -0.1) is 0 Å². The van der Waals surface area contributed by atoms with Gasteiger partial charge in [0.2, 0.25) is 5.91 Å². The van der Waals surface area contributed by atoms with Crippen LogP contribution < -0.4 is 0 Å². The second-order valence-electron chi connectivity index (χ2n) is 4.21. The zero-order valence-corrected chi connectivity index (χ0v) is 12.1. The van der Waals surface area contributed by atoms with Gasteiger partial charge in [0, 0.05) is 19.9 Å². The number of likely N-dealkylation sites (N-methyl/N-ethyl adjacent to an activating group) is 1. The van der Waals surface area contributed by atoms with E-state index < -0.39 is 12.0 Å². The highest BCUT2D eigenvalue weighted by atomic mass is 32.1. The third kappa shape index (κ3) is 4.59. The molecule has 0 aliphatic heterocycles. The summed E-state index contributed by atoms with van der Waals surface area (Å²) in [6.45, 7) is 0. The Kier molecular flexibility index (Phi) is 6.42. The number of thiol groups is 1. The molecule has 0 heterocycles. The fraction of sp³-hybridized carbons (Fsp3) is 0.429. The van der Waals surface area contributed by atoms with Gasteiger partial charge in [-0.25, -0.2) is 4.79 Å². The van der Waals surface area contributed by atoms with Gasteiger partial charge >= 0.3 is 5.97 Å². The molecule has 0 fully saturated rings. The first kappa shape index (κ1) is 15.6. The van der Waals surface area contributed by atoms with Crippen molar-refractivity contribution >= 4 is 24.5 Å². The van der Waals surface area contributed by atoms with Crippen LogP contribution in [0.4, 0.5) is 0 Å². The summed E-state index contributed by atoms with van der Waals surface area (Å²) in [6, 6.07) is 8.96. The Labute approximate surface area is 119 Å². The van der Waals surface area contributed by atoms with E-state index in [1.54, 1.807) is 7.05 Å². The maximum absolute atomic E-state index is 11.9. The van der Waals surface area contributed by atoms with Crippen molar-refractivity contribution in [2.24, 2.45) is 0 Å². The first-order valence-electron chi connectivity index (χ1n) is 6.08. The van der Waals surface area contributed by atoms with Crippen LogP contribution in [-0.2, 0) is 20.7 Å². The molecule has 0 saturated heterocycles. The Morgan fingerprint density at radius 3 is 2.47 bits per heavy atom. The van der Waals surface area contributed by atoms with Crippen LogP contribution in [0.3, 0.4) is 0 Å². The average molecular weight is 281 g/mol. The Morgan fingerprint density at radius 1 is 1.32 bits per heavy atom. The van der Waals surface area contributed by atoms with Gasteiger partial charge in [-0.3, -0.25) is 4.79 Å². The van der Waals surface area contributed by atoms with Gasteiger partial charge in [-0.05, 0) is 11.3 Å². The van der Waals surface area contributed by atoms with Crippen molar-refractivity contribution in [3.05, 3.63) is 35.9 Å². The van der Waals surface area contributed by atoms with Crippen molar-refractivity contribution < 1.29 is 14.3 Å². The number of esters is 1. The van der Waals surface area contributed by atoms with Crippen LogP contribution in [-0.4, -0.2) is 42.7 Å². The molecule has 1 amide bonds. The topological polar surface area (TPSA) is 46.6 Å². The molecule has 0 bridgehead atoms. The maximum atomic E-state index is 11.9. The zero-order valence-electron chi connectivity index (χ0n) is 11.2. The van der Waals surface area contributed by atoms with Crippen LogP contribution in [0.15, 0.2) is 30.3 Å². The van der Waals surface area contributed by atoms with E-state index in [4.69, 9.17) is 4.74 Å². The van der Waals surface area contributed by atoms with Crippen LogP contribution in [0, 0.1) is 0 Å². The molecule has 0 aromatic heterocycles. The van der Waals surface area contributed by atoms with Gasteiger partial charge in [-0.1, -0.05) is 30.3 Å². The average Bonchev–Trinajstić information content (AvgIpc) is 2.44. The SMILES string of the molecule is COC(=O)[C@H](Cc1ccccc1)N(C)C(=O)CCS. The Balaban J connectivity index is 2.83. The van der Waals surface area contributed by atoms with Crippen LogP contribution in [0.5, 0.6) is 0 Å². The summed E-state index contributed by atoms with van der Waals surface area (Å²) < 4.78 is 4.78. The molecule has 0 spiro atoms. The second kappa shape index (κ2) is 7.84. The monoisotopic (exact) mass is 281 g/mol. The Bertz CT molecular complexity index is 422. The Morgan fingerprint density at radius 2 is 1.95 bits per heavy atom. The summed E-state index contributed by atoms with van der Waals surface area (Å²) in [4.78, 5) is 25.1. The lowest BCUT2D eigenvalue weighted by molar-refractivity contribution is -0.151. The number of carbonyl (C=O) groups is 2. The number of amides is 1. The van der Waals surface area contributed by atoms with Crippen molar-refractivity contribution in [1.29, 1.82) is 0 Å². The molecule has 0 unspecified atom stereocenters. The largest absolute Gasteiger partial charge is 0.467 e. The van der Waals surface area contributed by atoms with Crippen molar-refractivity contribution in [1.82, 2.24) is 4.90 Å². The molecule has 0 aliphatic carbocycles. The van der Waals surface area contributed by atoms with E-state index in [2.05, 4.69) is 12.6 Å². The van der Waals surface area contributed by atoms with E-state index in [1.807, 2.05) is 30.3 Å². The van der Waals surface area contributed by atoms with Crippen LogP contribution in [0.2, 0.25) is 0 Å². The van der Waals surface area contributed by atoms with Gasteiger partial charge in [0.05, 0.1) is 7.11 Å². The van der Waals surface area contributed by atoms with Crippen LogP contribution in [0.25, 0.3) is 0 Å². The third-order valence-electron chi connectivity index (χ3n) is 2.93. The summed E-state index contributed by atoms with van der Waals surface area (Å²) in [7, 11) is 2.95. The minimum atomic E-state index is -0.597. The predicted octanol–water partition coefficient (Wildman–Crippen LogP) is 1.55. The number of hydrogen-bond acceptors (Lipinski definition) is 4. The third-order valence-corrected chi connectivity index (χ3v) is 3.16. The fourth-order valence-electron chi connectivity index (χ4n) is 1.80. The molecule has 1 aromatic carbocycles. The molecule has 4 nitrogen and oxygen atoms in total. The molecule has 5 heteroatoms. The van der Waals surface area contributed by atoms with Gasteiger partial charge in [0.25, 0.3) is 0 Å². The van der Waals surface area contributed by atoms with Crippen molar-refractivity contribution in [3.8, 4) is 0 Å². The van der Waals surface area contributed by atoms with E-state index in [0.29, 0.717) is 18.6 Å². The normalized spacial score (nSPS) is 11.7. The van der Waals surface area contributed by atoms with Crippen molar-refractivity contribution in [2.75, 3.05) is 19.9 Å². The van der Waals surface area contributed by atoms with E-state index in [-0.39, 0.29) is 5.91 Å². The number of methoxy groups -OCH3 is 1. The van der Waals surface area contributed by atoms with Gasteiger partial charge in [0.15, 0.2) is 0 Å². The number of hydrogen-bond donors (Lipinski definition) is 1. The lowest BCUT2D eigenvalue weighted by atomic mass is 10.0. The van der Waals surface area contributed by atoms with Gasteiger partial charge in [0.1, 0.15) is 6.04 Å². The van der Waals surface area contributed by atoms with E-state index in [9.17, 15) is 9.59 Å². The molecule has 1 atom stereocenters. The van der Waals surface area contributed by atoms with E-state index in [0.717, 1.165) is 5.56 Å². The highest BCUT2D eigenvalue weighted by molar-refractivity contribution is 7.80.